The molecule has 0 spiro atoms. The summed E-state index contributed by atoms with van der Waals surface area (Å²) in [5.41, 5.74) is 5.91. The highest BCUT2D eigenvalue weighted by Gasteiger charge is 2.25. The predicted octanol–water partition coefficient (Wildman–Crippen LogP) is 2.68. The van der Waals surface area contributed by atoms with Crippen molar-refractivity contribution >= 4 is 18.3 Å². The van der Waals surface area contributed by atoms with Crippen LogP contribution in [0.15, 0.2) is 0 Å². The minimum absolute atomic E-state index is 0. The van der Waals surface area contributed by atoms with Crippen molar-refractivity contribution in [2.75, 3.05) is 13.1 Å². The van der Waals surface area contributed by atoms with Crippen molar-refractivity contribution in [2.45, 2.75) is 53.0 Å². The Balaban J connectivity index is 0.00000289. The molecule has 2 atom stereocenters. The van der Waals surface area contributed by atoms with Crippen molar-refractivity contribution in [3.63, 3.8) is 0 Å². The maximum atomic E-state index is 12.1. The number of amides is 1. The third kappa shape index (κ3) is 5.15. The molecule has 3 nitrogen and oxygen atoms in total. The minimum Gasteiger partial charge on any atom is -0.343 e. The first kappa shape index (κ1) is 17.7. The van der Waals surface area contributed by atoms with Gasteiger partial charge in [0.05, 0.1) is 0 Å². The van der Waals surface area contributed by atoms with Crippen LogP contribution in [0.2, 0.25) is 0 Å². The molecule has 2 N–H and O–H groups in total. The van der Waals surface area contributed by atoms with E-state index in [9.17, 15) is 4.79 Å². The number of hydrogen-bond acceptors (Lipinski definition) is 2. The van der Waals surface area contributed by atoms with Crippen LogP contribution in [-0.2, 0) is 4.79 Å². The van der Waals surface area contributed by atoms with Crippen LogP contribution in [0.25, 0.3) is 0 Å². The Morgan fingerprint density at radius 3 is 2.11 bits per heavy atom. The summed E-state index contributed by atoms with van der Waals surface area (Å²) in [6.45, 7) is 10.4. The molecule has 0 radical (unpaired) electrons. The Morgan fingerprint density at radius 1 is 1.22 bits per heavy atom. The van der Waals surface area contributed by atoms with Crippen LogP contribution < -0.4 is 5.73 Å². The number of carbonyl (C=O) groups excluding carboxylic acids is 1. The van der Waals surface area contributed by atoms with Gasteiger partial charge in [0, 0.05) is 25.6 Å². The maximum Gasteiger partial charge on any atom is 0.222 e. The zero-order valence-corrected chi connectivity index (χ0v) is 13.0. The molecule has 1 saturated heterocycles. The van der Waals surface area contributed by atoms with Crippen LogP contribution in [0.5, 0.6) is 0 Å². The summed E-state index contributed by atoms with van der Waals surface area (Å²) in [5.74, 6) is 1.99. The summed E-state index contributed by atoms with van der Waals surface area (Å²) in [5, 5.41) is 0. The van der Waals surface area contributed by atoms with Crippen molar-refractivity contribution in [3.05, 3.63) is 0 Å². The van der Waals surface area contributed by atoms with Gasteiger partial charge in [-0.1, -0.05) is 20.8 Å². The van der Waals surface area contributed by atoms with Gasteiger partial charge in [-0.25, -0.2) is 0 Å². The highest BCUT2D eigenvalue weighted by molar-refractivity contribution is 5.85. The average Bonchev–Trinajstić information content (AvgIpc) is 2.28. The maximum absolute atomic E-state index is 12.1. The number of nitrogens with two attached hydrogens (primary N) is 1. The van der Waals surface area contributed by atoms with Crippen molar-refractivity contribution in [1.82, 2.24) is 4.90 Å². The number of likely N-dealkylation sites (tertiary alicyclic amines) is 1. The fraction of sp³-hybridized carbons (Fsp3) is 0.929. The summed E-state index contributed by atoms with van der Waals surface area (Å²) >= 11 is 0. The van der Waals surface area contributed by atoms with E-state index in [1.807, 2.05) is 4.90 Å². The first-order valence-electron chi connectivity index (χ1n) is 6.95. The van der Waals surface area contributed by atoms with Crippen molar-refractivity contribution in [2.24, 2.45) is 23.5 Å². The van der Waals surface area contributed by atoms with Crippen LogP contribution >= 0.6 is 12.4 Å². The Labute approximate surface area is 118 Å². The topological polar surface area (TPSA) is 46.3 Å². The predicted molar refractivity (Wildman–Crippen MR) is 78.8 cm³/mol. The van der Waals surface area contributed by atoms with E-state index in [0.717, 1.165) is 25.9 Å². The van der Waals surface area contributed by atoms with E-state index in [1.54, 1.807) is 0 Å². The quantitative estimate of drug-likeness (QED) is 0.858. The number of nitrogens with zero attached hydrogens (tertiary/aromatic N) is 1. The normalized spacial score (nSPS) is 20.4. The van der Waals surface area contributed by atoms with Crippen LogP contribution in [0, 0.1) is 17.8 Å². The first-order valence-corrected chi connectivity index (χ1v) is 6.95. The van der Waals surface area contributed by atoms with Gasteiger partial charge in [-0.15, -0.1) is 12.4 Å². The SMILES string of the molecule is CC(C)C(C)CC(=O)N1CCC(C(C)N)CC1.Cl. The second kappa shape index (κ2) is 8.00. The molecule has 0 aromatic rings. The van der Waals surface area contributed by atoms with Crippen molar-refractivity contribution < 1.29 is 4.79 Å². The summed E-state index contributed by atoms with van der Waals surface area (Å²) < 4.78 is 0. The molecule has 0 bridgehead atoms. The zero-order chi connectivity index (χ0) is 13.0. The molecule has 0 aromatic heterocycles. The number of carbonyl (C=O) groups is 1. The largest absolute Gasteiger partial charge is 0.343 e. The van der Waals surface area contributed by atoms with E-state index in [4.69, 9.17) is 5.73 Å². The minimum atomic E-state index is 0. The average molecular weight is 277 g/mol. The number of rotatable bonds is 4. The second-order valence-corrected chi connectivity index (χ2v) is 6.00. The molecule has 18 heavy (non-hydrogen) atoms. The third-order valence-corrected chi connectivity index (χ3v) is 4.27. The Kier molecular flexibility index (Phi) is 7.88. The molecular weight excluding hydrogens is 248 g/mol. The summed E-state index contributed by atoms with van der Waals surface area (Å²) in [4.78, 5) is 14.1. The van der Waals surface area contributed by atoms with Crippen LogP contribution in [0.4, 0.5) is 0 Å². The van der Waals surface area contributed by atoms with Crippen molar-refractivity contribution in [3.8, 4) is 0 Å². The van der Waals surface area contributed by atoms with E-state index < -0.39 is 0 Å². The van der Waals surface area contributed by atoms with Gasteiger partial charge < -0.3 is 10.6 Å². The van der Waals surface area contributed by atoms with E-state index in [0.29, 0.717) is 30.1 Å². The van der Waals surface area contributed by atoms with Crippen molar-refractivity contribution in [1.29, 1.82) is 0 Å². The molecule has 1 fully saturated rings. The first-order chi connectivity index (χ1) is 7.91. The molecule has 1 aliphatic rings. The lowest BCUT2D eigenvalue weighted by Gasteiger charge is -2.34. The van der Waals surface area contributed by atoms with Crippen LogP contribution in [0.1, 0.15) is 47.0 Å². The van der Waals surface area contributed by atoms with Crippen LogP contribution in [-0.4, -0.2) is 29.9 Å². The molecule has 4 heteroatoms. The van der Waals surface area contributed by atoms with E-state index in [2.05, 4.69) is 27.7 Å². The van der Waals surface area contributed by atoms with Crippen LogP contribution in [0.3, 0.4) is 0 Å². The molecule has 1 amide bonds. The van der Waals surface area contributed by atoms with E-state index in [-0.39, 0.29) is 18.4 Å². The molecule has 1 heterocycles. The molecule has 1 aliphatic heterocycles. The monoisotopic (exact) mass is 276 g/mol. The highest BCUT2D eigenvalue weighted by atomic mass is 35.5. The summed E-state index contributed by atoms with van der Waals surface area (Å²) in [6, 6.07) is 0.266. The number of piperidine rings is 1. The number of halogens is 1. The Hall–Kier alpha value is -0.280. The van der Waals surface area contributed by atoms with Gasteiger partial charge in [0.25, 0.3) is 0 Å². The van der Waals surface area contributed by atoms with Gasteiger partial charge in [-0.3, -0.25) is 4.79 Å². The number of hydrogen-bond donors (Lipinski definition) is 1. The molecule has 0 aliphatic carbocycles. The standard InChI is InChI=1S/C14H28N2O.ClH/c1-10(2)11(3)9-14(17)16-7-5-13(6-8-16)12(4)15;/h10-13H,5-9,15H2,1-4H3;1H. The Morgan fingerprint density at radius 2 is 1.72 bits per heavy atom. The Bertz CT molecular complexity index is 248. The molecule has 2 unspecified atom stereocenters. The lowest BCUT2D eigenvalue weighted by Crippen LogP contribution is -2.43. The summed E-state index contributed by atoms with van der Waals surface area (Å²) in [7, 11) is 0. The lowest BCUT2D eigenvalue weighted by molar-refractivity contribution is -0.133. The highest BCUT2D eigenvalue weighted by Crippen LogP contribution is 2.22. The van der Waals surface area contributed by atoms with Gasteiger partial charge in [0.2, 0.25) is 5.91 Å². The third-order valence-electron chi connectivity index (χ3n) is 4.27. The van der Waals surface area contributed by atoms with Gasteiger partial charge >= 0.3 is 0 Å². The van der Waals surface area contributed by atoms with E-state index in [1.165, 1.54) is 0 Å². The van der Waals surface area contributed by atoms with Gasteiger partial charge in [-0.05, 0) is 37.5 Å². The fourth-order valence-corrected chi connectivity index (χ4v) is 2.31. The molecule has 0 saturated carbocycles. The smallest absolute Gasteiger partial charge is 0.222 e. The fourth-order valence-electron chi connectivity index (χ4n) is 2.31. The van der Waals surface area contributed by atoms with Gasteiger partial charge in [0.1, 0.15) is 0 Å². The summed E-state index contributed by atoms with van der Waals surface area (Å²) in [6.07, 6.45) is 2.83. The lowest BCUT2D eigenvalue weighted by atomic mass is 9.89. The second-order valence-electron chi connectivity index (χ2n) is 6.00. The molecule has 1 rings (SSSR count). The molecule has 0 aromatic carbocycles. The van der Waals surface area contributed by atoms with Gasteiger partial charge in [-0.2, -0.15) is 0 Å². The molecular formula is C14H29ClN2O. The molecule has 108 valence electrons. The van der Waals surface area contributed by atoms with E-state index >= 15 is 0 Å². The zero-order valence-electron chi connectivity index (χ0n) is 12.2. The van der Waals surface area contributed by atoms with Gasteiger partial charge in [0.15, 0.2) is 0 Å².